The third-order valence-corrected chi connectivity index (χ3v) is 2.90. The SMILES string of the molecule is N[C@H](C(=O)Nc1cccc(C(F)(F)F)c1)c1ccccc1. The average molecular weight is 294 g/mol. The first-order valence-electron chi connectivity index (χ1n) is 6.16. The normalized spacial score (nSPS) is 12.8. The van der Waals surface area contributed by atoms with Crippen LogP contribution in [0.1, 0.15) is 17.2 Å². The third kappa shape index (κ3) is 3.82. The molecule has 0 radical (unpaired) electrons. The van der Waals surface area contributed by atoms with E-state index in [0.29, 0.717) is 5.56 Å². The number of hydrogen-bond donors (Lipinski definition) is 2. The fourth-order valence-corrected chi connectivity index (χ4v) is 1.81. The Hall–Kier alpha value is -2.34. The number of halogens is 3. The Morgan fingerprint density at radius 2 is 1.71 bits per heavy atom. The van der Waals surface area contributed by atoms with Gasteiger partial charge in [-0.25, -0.2) is 0 Å². The summed E-state index contributed by atoms with van der Waals surface area (Å²) in [5.74, 6) is -0.569. The summed E-state index contributed by atoms with van der Waals surface area (Å²) < 4.78 is 37.8. The van der Waals surface area contributed by atoms with E-state index in [1.54, 1.807) is 30.3 Å². The van der Waals surface area contributed by atoms with Gasteiger partial charge < -0.3 is 11.1 Å². The van der Waals surface area contributed by atoms with Crippen molar-refractivity contribution in [3.63, 3.8) is 0 Å². The fourth-order valence-electron chi connectivity index (χ4n) is 1.81. The maximum atomic E-state index is 12.6. The van der Waals surface area contributed by atoms with Crippen molar-refractivity contribution in [2.75, 3.05) is 5.32 Å². The molecular weight excluding hydrogens is 281 g/mol. The van der Waals surface area contributed by atoms with E-state index in [1.165, 1.54) is 12.1 Å². The fraction of sp³-hybridized carbons (Fsp3) is 0.133. The van der Waals surface area contributed by atoms with Crippen LogP contribution in [-0.2, 0) is 11.0 Å². The highest BCUT2D eigenvalue weighted by Crippen LogP contribution is 2.30. The molecule has 0 aromatic heterocycles. The van der Waals surface area contributed by atoms with Crippen LogP contribution < -0.4 is 11.1 Å². The van der Waals surface area contributed by atoms with Crippen molar-refractivity contribution in [1.29, 1.82) is 0 Å². The Bertz CT molecular complexity index is 626. The van der Waals surface area contributed by atoms with Crippen LogP contribution in [0.3, 0.4) is 0 Å². The molecule has 3 N–H and O–H groups in total. The standard InChI is InChI=1S/C15H13F3N2O/c16-15(17,18)11-7-4-8-12(9-11)20-14(21)13(19)10-5-2-1-3-6-10/h1-9,13H,19H2,(H,20,21)/t13-/m0/s1. The summed E-state index contributed by atoms with van der Waals surface area (Å²) in [5, 5.41) is 2.39. The smallest absolute Gasteiger partial charge is 0.324 e. The van der Waals surface area contributed by atoms with Gasteiger partial charge >= 0.3 is 6.18 Å². The third-order valence-electron chi connectivity index (χ3n) is 2.90. The van der Waals surface area contributed by atoms with Gasteiger partial charge in [0.25, 0.3) is 0 Å². The first kappa shape index (κ1) is 15.1. The number of alkyl halides is 3. The summed E-state index contributed by atoms with van der Waals surface area (Å²) in [6, 6.07) is 12.1. The molecule has 21 heavy (non-hydrogen) atoms. The Labute approximate surface area is 119 Å². The summed E-state index contributed by atoms with van der Waals surface area (Å²) in [5.41, 5.74) is 5.59. The van der Waals surface area contributed by atoms with Crippen LogP contribution >= 0.6 is 0 Å². The van der Waals surface area contributed by atoms with Crippen LogP contribution in [0.5, 0.6) is 0 Å². The van der Waals surface area contributed by atoms with Gasteiger partial charge in [0.15, 0.2) is 0 Å². The molecule has 2 aromatic carbocycles. The van der Waals surface area contributed by atoms with Crippen LogP contribution in [0.15, 0.2) is 54.6 Å². The van der Waals surface area contributed by atoms with Gasteiger partial charge in [0.1, 0.15) is 6.04 Å². The zero-order valence-corrected chi connectivity index (χ0v) is 10.9. The second-order valence-electron chi connectivity index (χ2n) is 4.46. The molecule has 6 heteroatoms. The van der Waals surface area contributed by atoms with Gasteiger partial charge in [-0.15, -0.1) is 0 Å². The first-order chi connectivity index (χ1) is 9.88. The molecule has 110 valence electrons. The molecular formula is C15H13F3N2O. The number of carbonyl (C=O) groups excluding carboxylic acids is 1. The van der Waals surface area contributed by atoms with Crippen LogP contribution in [0, 0.1) is 0 Å². The summed E-state index contributed by atoms with van der Waals surface area (Å²) in [7, 11) is 0. The van der Waals surface area contributed by atoms with E-state index in [9.17, 15) is 18.0 Å². The number of rotatable bonds is 3. The molecule has 0 saturated carbocycles. The van der Waals surface area contributed by atoms with Gasteiger partial charge in [0, 0.05) is 5.69 Å². The van der Waals surface area contributed by atoms with Gasteiger partial charge in [-0.05, 0) is 23.8 Å². The van der Waals surface area contributed by atoms with Crippen molar-refractivity contribution < 1.29 is 18.0 Å². The molecule has 0 bridgehead atoms. The molecule has 1 amide bonds. The maximum absolute atomic E-state index is 12.6. The van der Waals surface area contributed by atoms with Crippen LogP contribution in [0.2, 0.25) is 0 Å². The summed E-state index contributed by atoms with van der Waals surface area (Å²) >= 11 is 0. The van der Waals surface area contributed by atoms with Gasteiger partial charge in [-0.2, -0.15) is 13.2 Å². The highest BCUT2D eigenvalue weighted by Gasteiger charge is 2.30. The van der Waals surface area contributed by atoms with E-state index in [2.05, 4.69) is 5.32 Å². The highest BCUT2D eigenvalue weighted by atomic mass is 19.4. The van der Waals surface area contributed by atoms with Crippen LogP contribution in [-0.4, -0.2) is 5.91 Å². The number of carbonyl (C=O) groups is 1. The number of nitrogens with one attached hydrogen (secondary N) is 1. The topological polar surface area (TPSA) is 55.1 Å². The lowest BCUT2D eigenvalue weighted by Gasteiger charge is -2.14. The number of anilines is 1. The van der Waals surface area contributed by atoms with E-state index in [-0.39, 0.29) is 5.69 Å². The first-order valence-corrected chi connectivity index (χ1v) is 6.16. The van der Waals surface area contributed by atoms with E-state index in [0.717, 1.165) is 12.1 Å². The molecule has 0 fully saturated rings. The zero-order valence-electron chi connectivity index (χ0n) is 10.9. The monoisotopic (exact) mass is 294 g/mol. The minimum absolute atomic E-state index is 0.0567. The predicted octanol–water partition coefficient (Wildman–Crippen LogP) is 3.34. The molecule has 1 atom stereocenters. The van der Waals surface area contributed by atoms with Crippen molar-refractivity contribution in [2.24, 2.45) is 5.73 Å². The highest BCUT2D eigenvalue weighted by molar-refractivity contribution is 5.95. The minimum Gasteiger partial charge on any atom is -0.324 e. The molecule has 2 aromatic rings. The molecule has 0 aliphatic rings. The van der Waals surface area contributed by atoms with Crippen molar-refractivity contribution >= 4 is 11.6 Å². The van der Waals surface area contributed by atoms with Crippen molar-refractivity contribution in [2.45, 2.75) is 12.2 Å². The average Bonchev–Trinajstić information content (AvgIpc) is 2.47. The largest absolute Gasteiger partial charge is 0.416 e. The van der Waals surface area contributed by atoms with Gasteiger partial charge in [0.05, 0.1) is 5.56 Å². The maximum Gasteiger partial charge on any atom is 0.416 e. The molecule has 2 rings (SSSR count). The molecule has 0 spiro atoms. The van der Waals surface area contributed by atoms with Gasteiger partial charge in [-0.3, -0.25) is 4.79 Å². The van der Waals surface area contributed by atoms with E-state index >= 15 is 0 Å². The Balaban J connectivity index is 2.13. The lowest BCUT2D eigenvalue weighted by atomic mass is 10.1. The number of hydrogen-bond acceptors (Lipinski definition) is 2. The van der Waals surface area contributed by atoms with Crippen molar-refractivity contribution in [3.05, 3.63) is 65.7 Å². The molecule has 3 nitrogen and oxygen atoms in total. The quantitative estimate of drug-likeness (QED) is 0.912. The van der Waals surface area contributed by atoms with Crippen molar-refractivity contribution in [3.8, 4) is 0 Å². The minimum atomic E-state index is -4.46. The molecule has 0 heterocycles. The second kappa shape index (κ2) is 5.97. The Morgan fingerprint density at radius 3 is 2.33 bits per heavy atom. The Kier molecular flexibility index (Phi) is 4.28. The van der Waals surface area contributed by atoms with Crippen molar-refractivity contribution in [1.82, 2.24) is 0 Å². The zero-order chi connectivity index (χ0) is 15.5. The summed E-state index contributed by atoms with van der Waals surface area (Å²) in [4.78, 5) is 12.0. The van der Waals surface area contributed by atoms with Gasteiger partial charge in [-0.1, -0.05) is 36.4 Å². The Morgan fingerprint density at radius 1 is 1.05 bits per heavy atom. The summed E-state index contributed by atoms with van der Waals surface area (Å²) in [6.45, 7) is 0. The number of amides is 1. The molecule has 0 aliphatic carbocycles. The lowest BCUT2D eigenvalue weighted by Crippen LogP contribution is -2.27. The van der Waals surface area contributed by atoms with E-state index in [4.69, 9.17) is 5.73 Å². The van der Waals surface area contributed by atoms with Gasteiger partial charge in [0.2, 0.25) is 5.91 Å². The molecule has 0 aliphatic heterocycles. The lowest BCUT2D eigenvalue weighted by molar-refractivity contribution is -0.137. The van der Waals surface area contributed by atoms with E-state index in [1.807, 2.05) is 0 Å². The number of benzene rings is 2. The van der Waals surface area contributed by atoms with E-state index < -0.39 is 23.7 Å². The van der Waals surface area contributed by atoms with Crippen LogP contribution in [0.4, 0.5) is 18.9 Å². The molecule has 0 saturated heterocycles. The number of nitrogens with two attached hydrogens (primary N) is 1. The summed E-state index contributed by atoms with van der Waals surface area (Å²) in [6.07, 6.45) is -4.46. The second-order valence-corrected chi connectivity index (χ2v) is 4.46. The molecule has 0 unspecified atom stereocenters. The van der Waals surface area contributed by atoms with Crippen LogP contribution in [0.25, 0.3) is 0 Å². The predicted molar refractivity (Wildman–Crippen MR) is 73.4 cm³/mol.